The van der Waals surface area contributed by atoms with Gasteiger partial charge in [0.15, 0.2) is 0 Å². The molecule has 0 radical (unpaired) electrons. The molecule has 2 heterocycles. The van der Waals surface area contributed by atoms with E-state index in [4.69, 9.17) is 0 Å². The van der Waals surface area contributed by atoms with Crippen molar-refractivity contribution >= 4 is 16.0 Å². The van der Waals surface area contributed by atoms with Crippen molar-refractivity contribution in [3.63, 3.8) is 0 Å². The van der Waals surface area contributed by atoms with Gasteiger partial charge in [0.2, 0.25) is 16.0 Å². The van der Waals surface area contributed by atoms with Gasteiger partial charge in [-0.2, -0.15) is 4.31 Å². The monoisotopic (exact) mass is 360 g/mol. The Balaban J connectivity index is 1.69. The van der Waals surface area contributed by atoms with Crippen LogP contribution in [0.25, 0.3) is 0 Å². The van der Waals surface area contributed by atoms with Crippen molar-refractivity contribution in [2.24, 2.45) is 0 Å². The first-order chi connectivity index (χ1) is 12.0. The lowest BCUT2D eigenvalue weighted by Crippen LogP contribution is -2.49. The number of hydrogen-bond donors (Lipinski definition) is 0. The minimum atomic E-state index is -3.45. The van der Waals surface area contributed by atoms with E-state index < -0.39 is 10.0 Å². The van der Waals surface area contributed by atoms with Crippen LogP contribution in [0, 0.1) is 0 Å². The smallest absolute Gasteiger partial charge is 0.243 e. The van der Waals surface area contributed by atoms with Crippen molar-refractivity contribution in [2.45, 2.75) is 31.1 Å². The van der Waals surface area contributed by atoms with Crippen LogP contribution >= 0.6 is 0 Å². The number of piperazine rings is 1. The molecule has 1 saturated heterocycles. The lowest BCUT2D eigenvalue weighted by atomic mass is 9.99. The van der Waals surface area contributed by atoms with E-state index >= 15 is 0 Å². The van der Waals surface area contributed by atoms with E-state index in [0.29, 0.717) is 42.9 Å². The molecule has 25 heavy (non-hydrogen) atoms. The summed E-state index contributed by atoms with van der Waals surface area (Å²) in [7, 11) is -3.45. The zero-order valence-electron chi connectivity index (χ0n) is 14.7. The Morgan fingerprint density at radius 2 is 1.64 bits per heavy atom. The topological polar surface area (TPSA) is 66.4 Å². The van der Waals surface area contributed by atoms with E-state index in [1.807, 2.05) is 17.0 Å². The number of anilines is 1. The van der Waals surface area contributed by atoms with Gasteiger partial charge in [-0.25, -0.2) is 18.4 Å². The fourth-order valence-corrected chi connectivity index (χ4v) is 4.36. The standard InChI is InChI=1S/C18H24N4O2S/c1-3-15(2)16-5-7-17(8-6-16)25(23,24)22-13-11-21(12-14-22)18-19-9-4-10-20-18/h4-10,15H,3,11-14H2,1-2H3. The Morgan fingerprint density at radius 1 is 1.04 bits per heavy atom. The van der Waals surface area contributed by atoms with Crippen molar-refractivity contribution in [2.75, 3.05) is 31.1 Å². The van der Waals surface area contributed by atoms with E-state index in [9.17, 15) is 8.42 Å². The average molecular weight is 360 g/mol. The van der Waals surface area contributed by atoms with Crippen LogP contribution in [0.3, 0.4) is 0 Å². The molecule has 6 nitrogen and oxygen atoms in total. The van der Waals surface area contributed by atoms with Gasteiger partial charge in [-0.05, 0) is 36.1 Å². The second-order valence-corrected chi connectivity index (χ2v) is 8.26. The summed E-state index contributed by atoms with van der Waals surface area (Å²) in [5, 5.41) is 0. The Kier molecular flexibility index (Phi) is 5.34. The molecule has 0 amide bonds. The molecule has 1 aromatic heterocycles. The zero-order chi connectivity index (χ0) is 17.9. The number of aromatic nitrogens is 2. The first kappa shape index (κ1) is 17.8. The summed E-state index contributed by atoms with van der Waals surface area (Å²) in [5.41, 5.74) is 1.17. The maximum absolute atomic E-state index is 12.9. The molecule has 0 saturated carbocycles. The van der Waals surface area contributed by atoms with Crippen LogP contribution in [-0.2, 0) is 10.0 Å². The third kappa shape index (κ3) is 3.82. The lowest BCUT2D eigenvalue weighted by molar-refractivity contribution is 0.382. The first-order valence-electron chi connectivity index (χ1n) is 8.64. The SMILES string of the molecule is CCC(C)c1ccc(S(=O)(=O)N2CCN(c3ncccn3)CC2)cc1. The van der Waals surface area contributed by atoms with Crippen LogP contribution < -0.4 is 4.90 Å². The predicted molar refractivity (Wildman–Crippen MR) is 98.2 cm³/mol. The Morgan fingerprint density at radius 3 is 2.20 bits per heavy atom. The number of rotatable bonds is 5. The highest BCUT2D eigenvalue weighted by Crippen LogP contribution is 2.23. The third-order valence-corrected chi connectivity index (χ3v) is 6.69. The number of hydrogen-bond acceptors (Lipinski definition) is 5. The molecule has 2 aromatic rings. The Labute approximate surface area is 149 Å². The normalized spacial score (nSPS) is 17.4. The lowest BCUT2D eigenvalue weighted by Gasteiger charge is -2.33. The van der Waals surface area contributed by atoms with Crippen LogP contribution in [0.15, 0.2) is 47.6 Å². The average Bonchev–Trinajstić information content (AvgIpc) is 2.68. The van der Waals surface area contributed by atoms with E-state index in [1.54, 1.807) is 34.9 Å². The second kappa shape index (κ2) is 7.49. The second-order valence-electron chi connectivity index (χ2n) is 6.32. The van der Waals surface area contributed by atoms with Crippen molar-refractivity contribution in [1.29, 1.82) is 0 Å². The third-order valence-electron chi connectivity index (χ3n) is 4.77. The maximum Gasteiger partial charge on any atom is 0.243 e. The summed E-state index contributed by atoms with van der Waals surface area (Å²) >= 11 is 0. The van der Waals surface area contributed by atoms with Gasteiger partial charge < -0.3 is 4.90 Å². The molecule has 1 aliphatic rings. The van der Waals surface area contributed by atoms with E-state index in [1.165, 1.54) is 5.56 Å². The number of sulfonamides is 1. The van der Waals surface area contributed by atoms with Crippen LogP contribution in [0.4, 0.5) is 5.95 Å². The maximum atomic E-state index is 12.9. The van der Waals surface area contributed by atoms with Gasteiger partial charge in [0.25, 0.3) is 0 Å². The molecular weight excluding hydrogens is 336 g/mol. The van der Waals surface area contributed by atoms with Crippen molar-refractivity contribution in [3.05, 3.63) is 48.3 Å². The molecule has 0 spiro atoms. The van der Waals surface area contributed by atoms with Crippen molar-refractivity contribution < 1.29 is 8.42 Å². The molecular formula is C18H24N4O2S. The van der Waals surface area contributed by atoms with Gasteiger partial charge >= 0.3 is 0 Å². The van der Waals surface area contributed by atoms with Gasteiger partial charge in [0, 0.05) is 38.6 Å². The molecule has 134 valence electrons. The van der Waals surface area contributed by atoms with Gasteiger partial charge in [-0.15, -0.1) is 0 Å². The molecule has 1 fully saturated rings. The van der Waals surface area contributed by atoms with Gasteiger partial charge in [0.1, 0.15) is 0 Å². The Bertz CT molecular complexity index is 786. The zero-order valence-corrected chi connectivity index (χ0v) is 15.5. The minimum absolute atomic E-state index is 0.365. The molecule has 0 bridgehead atoms. The number of benzene rings is 1. The highest BCUT2D eigenvalue weighted by Gasteiger charge is 2.29. The molecule has 3 rings (SSSR count). The van der Waals surface area contributed by atoms with Gasteiger partial charge in [0.05, 0.1) is 4.90 Å². The molecule has 1 aliphatic heterocycles. The molecule has 0 aliphatic carbocycles. The quantitative estimate of drug-likeness (QED) is 0.820. The van der Waals surface area contributed by atoms with E-state index in [-0.39, 0.29) is 0 Å². The first-order valence-corrected chi connectivity index (χ1v) is 10.1. The summed E-state index contributed by atoms with van der Waals surface area (Å²) < 4.78 is 27.3. The van der Waals surface area contributed by atoms with Gasteiger partial charge in [-0.3, -0.25) is 0 Å². The molecule has 0 N–H and O–H groups in total. The van der Waals surface area contributed by atoms with Crippen LogP contribution in [-0.4, -0.2) is 48.9 Å². The van der Waals surface area contributed by atoms with Crippen LogP contribution in [0.5, 0.6) is 0 Å². The minimum Gasteiger partial charge on any atom is -0.338 e. The molecule has 7 heteroatoms. The molecule has 1 aromatic carbocycles. The van der Waals surface area contributed by atoms with Crippen molar-refractivity contribution in [3.8, 4) is 0 Å². The highest BCUT2D eigenvalue weighted by atomic mass is 32.2. The summed E-state index contributed by atoms with van der Waals surface area (Å²) in [6.45, 7) is 6.34. The fourth-order valence-electron chi connectivity index (χ4n) is 2.94. The largest absolute Gasteiger partial charge is 0.338 e. The Hall–Kier alpha value is -1.99. The fraction of sp³-hybridized carbons (Fsp3) is 0.444. The van der Waals surface area contributed by atoms with Crippen molar-refractivity contribution in [1.82, 2.24) is 14.3 Å². The summed E-state index contributed by atoms with van der Waals surface area (Å²) in [4.78, 5) is 10.8. The summed E-state index contributed by atoms with van der Waals surface area (Å²) in [5.74, 6) is 1.09. The van der Waals surface area contributed by atoms with E-state index in [0.717, 1.165) is 6.42 Å². The molecule has 1 unspecified atom stereocenters. The van der Waals surface area contributed by atoms with Gasteiger partial charge in [-0.1, -0.05) is 26.0 Å². The number of nitrogens with zero attached hydrogens (tertiary/aromatic N) is 4. The summed E-state index contributed by atoms with van der Waals surface area (Å²) in [6.07, 6.45) is 4.43. The van der Waals surface area contributed by atoms with Crippen LogP contribution in [0.2, 0.25) is 0 Å². The van der Waals surface area contributed by atoms with Crippen LogP contribution in [0.1, 0.15) is 31.7 Å². The molecule has 1 atom stereocenters. The summed E-state index contributed by atoms with van der Waals surface area (Å²) in [6, 6.07) is 9.07. The highest BCUT2D eigenvalue weighted by molar-refractivity contribution is 7.89. The predicted octanol–water partition coefficient (Wildman–Crippen LogP) is 2.50. The van der Waals surface area contributed by atoms with E-state index in [2.05, 4.69) is 23.8 Å².